The van der Waals surface area contributed by atoms with Crippen LogP contribution in [0.15, 0.2) is 18.2 Å². The molecule has 0 spiro atoms. The van der Waals surface area contributed by atoms with Gasteiger partial charge in [0, 0.05) is 12.0 Å². The zero-order chi connectivity index (χ0) is 14.1. The van der Waals surface area contributed by atoms with Gasteiger partial charge in [-0.3, -0.25) is 0 Å². The second-order valence-electron chi connectivity index (χ2n) is 5.57. The van der Waals surface area contributed by atoms with Crippen LogP contribution in [0.3, 0.4) is 0 Å². The maximum atomic E-state index is 13.0. The fourth-order valence-corrected chi connectivity index (χ4v) is 3.10. The van der Waals surface area contributed by atoms with Gasteiger partial charge in [-0.2, -0.15) is 13.2 Å². The zero-order valence-electron chi connectivity index (χ0n) is 11.2. The van der Waals surface area contributed by atoms with Crippen LogP contribution in [0.4, 0.5) is 13.2 Å². The SMILES string of the molecule is Cc1ccc(C2(CN)CCCCC2)cc1C(F)(F)F. The highest BCUT2D eigenvalue weighted by atomic mass is 19.4. The number of nitrogens with two attached hydrogens (primary N) is 1. The third-order valence-electron chi connectivity index (χ3n) is 4.36. The van der Waals surface area contributed by atoms with E-state index in [0.29, 0.717) is 6.54 Å². The molecule has 106 valence electrons. The number of benzene rings is 1. The van der Waals surface area contributed by atoms with Crippen LogP contribution in [-0.4, -0.2) is 6.54 Å². The normalized spacial score (nSPS) is 19.4. The molecular weight excluding hydrogens is 251 g/mol. The molecule has 4 heteroatoms. The molecule has 2 N–H and O–H groups in total. The van der Waals surface area contributed by atoms with Crippen molar-refractivity contribution in [3.8, 4) is 0 Å². The quantitative estimate of drug-likeness (QED) is 0.858. The molecule has 0 aliphatic heterocycles. The van der Waals surface area contributed by atoms with Crippen LogP contribution in [0, 0.1) is 6.92 Å². The summed E-state index contributed by atoms with van der Waals surface area (Å²) in [5.41, 5.74) is 6.14. The fourth-order valence-electron chi connectivity index (χ4n) is 3.10. The molecule has 1 nitrogen and oxygen atoms in total. The molecule has 0 heterocycles. The lowest BCUT2D eigenvalue weighted by Crippen LogP contribution is -2.37. The molecule has 1 aromatic rings. The van der Waals surface area contributed by atoms with Gasteiger partial charge in [0.15, 0.2) is 0 Å². The van der Waals surface area contributed by atoms with Gasteiger partial charge in [-0.1, -0.05) is 31.4 Å². The molecule has 0 radical (unpaired) electrons. The largest absolute Gasteiger partial charge is 0.416 e. The van der Waals surface area contributed by atoms with Crippen molar-refractivity contribution in [3.05, 3.63) is 34.9 Å². The van der Waals surface area contributed by atoms with E-state index >= 15 is 0 Å². The predicted octanol–water partition coefficient (Wildman–Crippen LogP) is 4.17. The Morgan fingerprint density at radius 1 is 1.16 bits per heavy atom. The highest BCUT2D eigenvalue weighted by molar-refractivity contribution is 5.37. The van der Waals surface area contributed by atoms with Gasteiger partial charge in [0.1, 0.15) is 0 Å². The number of hydrogen-bond acceptors (Lipinski definition) is 1. The Hall–Kier alpha value is -1.03. The molecule has 1 aliphatic carbocycles. The number of rotatable bonds is 2. The van der Waals surface area contributed by atoms with Crippen LogP contribution in [0.1, 0.15) is 48.8 Å². The van der Waals surface area contributed by atoms with Crippen molar-refractivity contribution in [1.29, 1.82) is 0 Å². The van der Waals surface area contributed by atoms with Gasteiger partial charge < -0.3 is 5.73 Å². The summed E-state index contributed by atoms with van der Waals surface area (Å²) in [7, 11) is 0. The maximum absolute atomic E-state index is 13.0. The van der Waals surface area contributed by atoms with Gasteiger partial charge in [0.2, 0.25) is 0 Å². The topological polar surface area (TPSA) is 26.0 Å². The average molecular weight is 271 g/mol. The van der Waals surface area contributed by atoms with Gasteiger partial charge in [0.05, 0.1) is 5.56 Å². The van der Waals surface area contributed by atoms with E-state index in [0.717, 1.165) is 37.7 Å². The Kier molecular flexibility index (Phi) is 3.90. The van der Waals surface area contributed by atoms with E-state index < -0.39 is 11.7 Å². The van der Waals surface area contributed by atoms with Gasteiger partial charge in [-0.25, -0.2) is 0 Å². The van der Waals surface area contributed by atoms with Crippen molar-refractivity contribution in [2.45, 2.75) is 50.6 Å². The Labute approximate surface area is 112 Å². The molecule has 1 aromatic carbocycles. The van der Waals surface area contributed by atoms with Crippen LogP contribution in [0.5, 0.6) is 0 Å². The molecular formula is C15H20F3N. The van der Waals surface area contributed by atoms with E-state index in [1.807, 2.05) is 6.07 Å². The fraction of sp³-hybridized carbons (Fsp3) is 0.600. The Balaban J connectivity index is 2.44. The first kappa shape index (κ1) is 14.4. The third kappa shape index (κ3) is 2.78. The Bertz CT molecular complexity index is 445. The van der Waals surface area contributed by atoms with Gasteiger partial charge >= 0.3 is 6.18 Å². The van der Waals surface area contributed by atoms with Crippen LogP contribution in [0.2, 0.25) is 0 Å². The third-order valence-corrected chi connectivity index (χ3v) is 4.36. The van der Waals surface area contributed by atoms with Crippen molar-refractivity contribution in [1.82, 2.24) is 0 Å². The Morgan fingerprint density at radius 2 is 1.79 bits per heavy atom. The number of hydrogen-bond donors (Lipinski definition) is 1. The lowest BCUT2D eigenvalue weighted by molar-refractivity contribution is -0.138. The molecule has 0 atom stereocenters. The standard InChI is InChI=1S/C15H20F3N/c1-11-5-6-12(9-13(11)15(16,17)18)14(10-19)7-3-2-4-8-14/h5-6,9H,2-4,7-8,10,19H2,1H3. The molecule has 0 aromatic heterocycles. The van der Waals surface area contributed by atoms with Crippen LogP contribution in [-0.2, 0) is 11.6 Å². The number of aryl methyl sites for hydroxylation is 1. The lowest BCUT2D eigenvalue weighted by Gasteiger charge is -2.37. The van der Waals surface area contributed by atoms with Crippen LogP contribution < -0.4 is 5.73 Å². The summed E-state index contributed by atoms with van der Waals surface area (Å²) in [6, 6.07) is 4.71. The lowest BCUT2D eigenvalue weighted by atomic mass is 9.69. The predicted molar refractivity (Wildman–Crippen MR) is 70.0 cm³/mol. The minimum absolute atomic E-state index is 0.258. The van der Waals surface area contributed by atoms with Crippen molar-refractivity contribution in [3.63, 3.8) is 0 Å². The summed E-state index contributed by atoms with van der Waals surface area (Å²) in [4.78, 5) is 0. The van der Waals surface area contributed by atoms with Crippen molar-refractivity contribution >= 4 is 0 Å². The highest BCUT2D eigenvalue weighted by Gasteiger charge is 2.37. The van der Waals surface area contributed by atoms with E-state index in [1.165, 1.54) is 13.0 Å². The second-order valence-corrected chi connectivity index (χ2v) is 5.57. The van der Waals surface area contributed by atoms with Crippen molar-refractivity contribution in [2.24, 2.45) is 5.73 Å². The molecule has 19 heavy (non-hydrogen) atoms. The molecule has 0 amide bonds. The molecule has 0 bridgehead atoms. The first-order chi connectivity index (χ1) is 8.89. The minimum atomic E-state index is -4.29. The average Bonchev–Trinajstić information content (AvgIpc) is 2.38. The van der Waals surface area contributed by atoms with E-state index in [1.54, 1.807) is 6.07 Å². The van der Waals surface area contributed by atoms with Gasteiger partial charge in [-0.15, -0.1) is 0 Å². The maximum Gasteiger partial charge on any atom is 0.416 e. The summed E-state index contributed by atoms with van der Waals surface area (Å²) in [6.07, 6.45) is 0.747. The summed E-state index contributed by atoms with van der Waals surface area (Å²) < 4.78 is 39.0. The second kappa shape index (κ2) is 5.16. The van der Waals surface area contributed by atoms with E-state index in [2.05, 4.69) is 0 Å². The van der Waals surface area contributed by atoms with Gasteiger partial charge in [0.25, 0.3) is 0 Å². The minimum Gasteiger partial charge on any atom is -0.330 e. The molecule has 0 saturated heterocycles. The molecule has 2 rings (SSSR count). The number of halogens is 3. The van der Waals surface area contributed by atoms with Crippen molar-refractivity contribution < 1.29 is 13.2 Å². The zero-order valence-corrected chi connectivity index (χ0v) is 11.2. The first-order valence-electron chi connectivity index (χ1n) is 6.77. The summed E-state index contributed by atoms with van der Waals surface area (Å²) in [5, 5.41) is 0. The van der Waals surface area contributed by atoms with E-state index in [9.17, 15) is 13.2 Å². The summed E-state index contributed by atoms with van der Waals surface area (Å²) in [6.45, 7) is 1.93. The monoisotopic (exact) mass is 271 g/mol. The summed E-state index contributed by atoms with van der Waals surface area (Å²) in [5.74, 6) is 0. The molecule has 1 saturated carbocycles. The Morgan fingerprint density at radius 3 is 2.32 bits per heavy atom. The number of alkyl halides is 3. The van der Waals surface area contributed by atoms with Crippen LogP contribution >= 0.6 is 0 Å². The smallest absolute Gasteiger partial charge is 0.330 e. The molecule has 0 unspecified atom stereocenters. The first-order valence-corrected chi connectivity index (χ1v) is 6.77. The van der Waals surface area contributed by atoms with E-state index in [-0.39, 0.29) is 11.0 Å². The van der Waals surface area contributed by atoms with Crippen molar-refractivity contribution in [2.75, 3.05) is 6.54 Å². The molecule has 1 fully saturated rings. The van der Waals surface area contributed by atoms with E-state index in [4.69, 9.17) is 5.73 Å². The van der Waals surface area contributed by atoms with Crippen LogP contribution in [0.25, 0.3) is 0 Å². The molecule has 1 aliphatic rings. The highest BCUT2D eigenvalue weighted by Crippen LogP contribution is 2.41. The summed E-state index contributed by atoms with van der Waals surface area (Å²) >= 11 is 0. The van der Waals surface area contributed by atoms with Gasteiger partial charge in [-0.05, 0) is 37.0 Å².